The van der Waals surface area contributed by atoms with Crippen molar-refractivity contribution in [3.8, 4) is 5.75 Å². The van der Waals surface area contributed by atoms with E-state index >= 15 is 0 Å². The first-order valence-corrected chi connectivity index (χ1v) is 11.3. The number of carbonyl (C=O) groups is 1. The van der Waals surface area contributed by atoms with E-state index in [0.29, 0.717) is 31.9 Å². The van der Waals surface area contributed by atoms with Crippen LogP contribution in [0.25, 0.3) is 0 Å². The summed E-state index contributed by atoms with van der Waals surface area (Å²) in [5, 5.41) is 8.51. The molecule has 0 bridgehead atoms. The van der Waals surface area contributed by atoms with Crippen LogP contribution in [0, 0.1) is 13.8 Å². The molecule has 3 heterocycles. The molecule has 8 heteroatoms. The quantitative estimate of drug-likeness (QED) is 0.612. The molecule has 33 heavy (non-hydrogen) atoms. The number of nitrogens with zero attached hydrogens (tertiary/aromatic N) is 5. The lowest BCUT2D eigenvalue weighted by Crippen LogP contribution is -2.49. The Balaban J connectivity index is 1.25. The van der Waals surface area contributed by atoms with Crippen LogP contribution in [0.1, 0.15) is 39.0 Å². The van der Waals surface area contributed by atoms with E-state index in [4.69, 9.17) is 9.47 Å². The van der Waals surface area contributed by atoms with Crippen molar-refractivity contribution in [1.82, 2.24) is 19.9 Å². The average Bonchev–Trinajstić information content (AvgIpc) is 3.28. The van der Waals surface area contributed by atoms with E-state index in [1.807, 2.05) is 29.2 Å². The summed E-state index contributed by atoms with van der Waals surface area (Å²) in [5.74, 6) is 0.741. The van der Waals surface area contributed by atoms with E-state index in [2.05, 4.69) is 47.3 Å². The highest BCUT2D eigenvalue weighted by atomic mass is 16.5. The number of aromatic nitrogens is 3. The maximum Gasteiger partial charge on any atom is 0.276 e. The van der Waals surface area contributed by atoms with Crippen LogP contribution in [0.5, 0.6) is 5.75 Å². The Hall–Kier alpha value is -3.39. The zero-order chi connectivity index (χ0) is 22.9. The van der Waals surface area contributed by atoms with E-state index in [1.54, 1.807) is 11.8 Å². The zero-order valence-electron chi connectivity index (χ0n) is 19.3. The number of fused-ring (bicyclic) bond motifs is 1. The predicted molar refractivity (Wildman–Crippen MR) is 125 cm³/mol. The molecule has 0 saturated carbocycles. The molecular weight excluding hydrogens is 418 g/mol. The van der Waals surface area contributed by atoms with Gasteiger partial charge in [-0.05, 0) is 48.7 Å². The molecule has 0 N–H and O–H groups in total. The van der Waals surface area contributed by atoms with Crippen molar-refractivity contribution in [2.24, 2.45) is 0 Å². The molecule has 0 unspecified atom stereocenters. The number of amides is 1. The summed E-state index contributed by atoms with van der Waals surface area (Å²) in [6.45, 7) is 8.01. The molecule has 0 aliphatic carbocycles. The molecule has 1 fully saturated rings. The summed E-state index contributed by atoms with van der Waals surface area (Å²) in [6, 6.07) is 14.3. The molecule has 172 valence electrons. The van der Waals surface area contributed by atoms with Gasteiger partial charge in [-0.15, -0.1) is 5.10 Å². The first kappa shape index (κ1) is 21.5. The van der Waals surface area contributed by atoms with Crippen LogP contribution in [0.3, 0.4) is 0 Å². The van der Waals surface area contributed by atoms with Crippen LogP contribution in [0.4, 0.5) is 5.69 Å². The molecular formula is C25H29N5O3. The lowest BCUT2D eigenvalue weighted by atomic mass is 10.1. The molecule has 2 aliphatic heterocycles. The molecule has 3 aromatic rings. The molecule has 2 aliphatic rings. The number of hydrogen-bond acceptors (Lipinski definition) is 6. The Labute approximate surface area is 193 Å². The molecule has 1 saturated heterocycles. The fourth-order valence-corrected chi connectivity index (χ4v) is 4.56. The van der Waals surface area contributed by atoms with E-state index in [9.17, 15) is 4.79 Å². The number of anilines is 1. The van der Waals surface area contributed by atoms with Crippen molar-refractivity contribution in [2.75, 3.05) is 38.2 Å². The summed E-state index contributed by atoms with van der Waals surface area (Å²) < 4.78 is 13.1. The molecule has 1 amide bonds. The minimum absolute atomic E-state index is 0.0663. The summed E-state index contributed by atoms with van der Waals surface area (Å²) in [6.07, 6.45) is -0.130. The lowest BCUT2D eigenvalue weighted by Gasteiger charge is -2.36. The largest absolute Gasteiger partial charge is 0.497 e. The topological polar surface area (TPSA) is 72.7 Å². The van der Waals surface area contributed by atoms with Crippen LogP contribution in [0.15, 0.2) is 42.5 Å². The number of hydrogen-bond donors (Lipinski definition) is 0. The van der Waals surface area contributed by atoms with Gasteiger partial charge in [0.15, 0.2) is 5.69 Å². The number of benzene rings is 2. The highest BCUT2D eigenvalue weighted by Crippen LogP contribution is 2.29. The summed E-state index contributed by atoms with van der Waals surface area (Å²) in [4.78, 5) is 17.5. The van der Waals surface area contributed by atoms with Crippen molar-refractivity contribution in [3.63, 3.8) is 0 Å². The molecule has 1 aromatic heterocycles. The SMILES string of the molecule is COc1ccc([C@H]2Cn3nnc(C(=O)N4CCN(c5cc(C)ccc5C)CC4)c3CO2)cc1. The average molecular weight is 448 g/mol. The highest BCUT2D eigenvalue weighted by molar-refractivity contribution is 5.93. The Kier molecular flexibility index (Phi) is 5.76. The minimum atomic E-state index is -0.130. The third-order valence-corrected chi connectivity index (χ3v) is 6.56. The van der Waals surface area contributed by atoms with Gasteiger partial charge in [0.1, 0.15) is 11.9 Å². The molecule has 0 radical (unpaired) electrons. The van der Waals surface area contributed by atoms with Gasteiger partial charge in [0.05, 0.1) is 26.0 Å². The maximum atomic E-state index is 13.2. The Morgan fingerprint density at radius 3 is 2.55 bits per heavy atom. The van der Waals surface area contributed by atoms with Gasteiger partial charge in [0.2, 0.25) is 0 Å². The molecule has 1 atom stereocenters. The van der Waals surface area contributed by atoms with Crippen LogP contribution in [-0.2, 0) is 17.9 Å². The van der Waals surface area contributed by atoms with Gasteiger partial charge >= 0.3 is 0 Å². The summed E-state index contributed by atoms with van der Waals surface area (Å²) >= 11 is 0. The summed E-state index contributed by atoms with van der Waals surface area (Å²) in [5.41, 5.74) is 5.97. The third kappa shape index (κ3) is 4.18. The van der Waals surface area contributed by atoms with Crippen molar-refractivity contribution >= 4 is 11.6 Å². The molecule has 8 nitrogen and oxygen atoms in total. The van der Waals surface area contributed by atoms with E-state index in [0.717, 1.165) is 30.1 Å². The Morgan fingerprint density at radius 2 is 1.82 bits per heavy atom. The Morgan fingerprint density at radius 1 is 1.06 bits per heavy atom. The zero-order valence-corrected chi connectivity index (χ0v) is 19.3. The van der Waals surface area contributed by atoms with E-state index in [-0.39, 0.29) is 12.0 Å². The van der Waals surface area contributed by atoms with Gasteiger partial charge in [0, 0.05) is 31.9 Å². The first-order chi connectivity index (χ1) is 16.0. The third-order valence-electron chi connectivity index (χ3n) is 6.56. The monoisotopic (exact) mass is 447 g/mol. The van der Waals surface area contributed by atoms with Gasteiger partial charge in [-0.2, -0.15) is 0 Å². The van der Waals surface area contributed by atoms with Gasteiger partial charge < -0.3 is 19.3 Å². The normalized spacial score (nSPS) is 18.2. The van der Waals surface area contributed by atoms with E-state index < -0.39 is 0 Å². The van der Waals surface area contributed by atoms with Crippen LogP contribution >= 0.6 is 0 Å². The highest BCUT2D eigenvalue weighted by Gasteiger charge is 2.31. The van der Waals surface area contributed by atoms with Gasteiger partial charge in [-0.1, -0.05) is 29.5 Å². The fraction of sp³-hybridized carbons (Fsp3) is 0.400. The van der Waals surface area contributed by atoms with Gasteiger partial charge in [0.25, 0.3) is 5.91 Å². The number of piperazine rings is 1. The maximum absolute atomic E-state index is 13.2. The second-order valence-corrected chi connectivity index (χ2v) is 8.71. The second kappa shape index (κ2) is 8.86. The second-order valence-electron chi connectivity index (χ2n) is 8.71. The standard InChI is InChI=1S/C25H29N5O3/c1-17-4-5-18(2)21(14-17)28-10-12-29(13-11-28)25(31)24-22-16-33-23(15-30(22)27-26-24)19-6-8-20(32-3)9-7-19/h4-9,14,23H,10-13,15-16H2,1-3H3/t23-/m1/s1. The number of methoxy groups -OCH3 is 1. The smallest absolute Gasteiger partial charge is 0.276 e. The van der Waals surface area contributed by atoms with E-state index in [1.165, 1.54) is 16.8 Å². The first-order valence-electron chi connectivity index (χ1n) is 11.3. The molecule has 5 rings (SSSR count). The molecule has 2 aromatic carbocycles. The fourth-order valence-electron chi connectivity index (χ4n) is 4.56. The molecule has 0 spiro atoms. The van der Waals surface area contributed by atoms with Crippen LogP contribution < -0.4 is 9.64 Å². The van der Waals surface area contributed by atoms with Crippen LogP contribution in [0.2, 0.25) is 0 Å². The van der Waals surface area contributed by atoms with Crippen molar-refractivity contribution in [1.29, 1.82) is 0 Å². The van der Waals surface area contributed by atoms with Gasteiger partial charge in [-0.25, -0.2) is 4.68 Å². The predicted octanol–water partition coefficient (Wildman–Crippen LogP) is 3.14. The van der Waals surface area contributed by atoms with Gasteiger partial charge in [-0.3, -0.25) is 4.79 Å². The number of ether oxygens (including phenoxy) is 2. The Bertz CT molecular complexity index is 1150. The number of rotatable bonds is 4. The van der Waals surface area contributed by atoms with Crippen molar-refractivity contribution < 1.29 is 14.3 Å². The van der Waals surface area contributed by atoms with Crippen LogP contribution in [-0.4, -0.2) is 59.1 Å². The van der Waals surface area contributed by atoms with Crippen molar-refractivity contribution in [2.45, 2.75) is 33.1 Å². The summed E-state index contributed by atoms with van der Waals surface area (Å²) in [7, 11) is 1.65. The number of aryl methyl sites for hydroxylation is 2. The number of carbonyl (C=O) groups excluding carboxylic acids is 1. The lowest BCUT2D eigenvalue weighted by molar-refractivity contribution is -0.00198. The van der Waals surface area contributed by atoms with Crippen molar-refractivity contribution in [3.05, 3.63) is 70.5 Å². The minimum Gasteiger partial charge on any atom is -0.497 e.